The van der Waals surface area contributed by atoms with Crippen LogP contribution in [0.2, 0.25) is 5.02 Å². The minimum Gasteiger partial charge on any atom is -0.453 e. The predicted molar refractivity (Wildman–Crippen MR) is 63.3 cm³/mol. The van der Waals surface area contributed by atoms with Gasteiger partial charge in [0.1, 0.15) is 5.75 Å². The van der Waals surface area contributed by atoms with Gasteiger partial charge in [0.25, 0.3) is 0 Å². The van der Waals surface area contributed by atoms with Gasteiger partial charge in [-0.15, -0.1) is 0 Å². The van der Waals surface area contributed by atoms with E-state index in [4.69, 9.17) is 16.3 Å². The van der Waals surface area contributed by atoms with Crippen LogP contribution in [0.25, 0.3) is 0 Å². The van der Waals surface area contributed by atoms with Gasteiger partial charge in [0.2, 0.25) is 0 Å². The number of rotatable bonds is 3. The van der Waals surface area contributed by atoms with Gasteiger partial charge in [0.15, 0.2) is 17.9 Å². The molecule has 17 heavy (non-hydrogen) atoms. The van der Waals surface area contributed by atoms with Crippen molar-refractivity contribution in [1.82, 2.24) is 0 Å². The molecular weight excluding hydrogens is 243 g/mol. The van der Waals surface area contributed by atoms with Gasteiger partial charge >= 0.3 is 0 Å². The highest BCUT2D eigenvalue weighted by molar-refractivity contribution is 6.30. The zero-order valence-corrected chi connectivity index (χ0v) is 9.45. The van der Waals surface area contributed by atoms with Crippen LogP contribution in [-0.2, 0) is 0 Å². The Kier molecular flexibility index (Phi) is 3.40. The van der Waals surface area contributed by atoms with E-state index in [2.05, 4.69) is 0 Å². The van der Waals surface area contributed by atoms with E-state index in [0.29, 0.717) is 17.1 Å². The van der Waals surface area contributed by atoms with Gasteiger partial charge < -0.3 is 4.74 Å². The summed E-state index contributed by atoms with van der Waals surface area (Å²) in [6.07, 6.45) is 0.545. The van der Waals surface area contributed by atoms with Gasteiger partial charge in [-0.2, -0.15) is 0 Å². The summed E-state index contributed by atoms with van der Waals surface area (Å²) >= 11 is 5.78. The second-order valence-electron chi connectivity index (χ2n) is 3.34. The third-order valence-electron chi connectivity index (χ3n) is 2.14. The topological polar surface area (TPSA) is 26.3 Å². The lowest BCUT2D eigenvalue weighted by Gasteiger charge is -2.08. The standard InChI is InChI=1S/C13H8ClFO2/c14-10-4-2-5-11(7-10)17-13-9(8-16)3-1-6-12(13)15/h1-8H. The Morgan fingerprint density at radius 3 is 2.65 bits per heavy atom. The minimum atomic E-state index is -0.588. The van der Waals surface area contributed by atoms with Crippen molar-refractivity contribution in [3.63, 3.8) is 0 Å². The molecule has 2 rings (SSSR count). The van der Waals surface area contributed by atoms with Crippen molar-refractivity contribution in [2.75, 3.05) is 0 Å². The van der Waals surface area contributed by atoms with Gasteiger partial charge in [-0.1, -0.05) is 23.7 Å². The fourth-order valence-corrected chi connectivity index (χ4v) is 1.55. The number of hydrogen-bond acceptors (Lipinski definition) is 2. The first-order valence-corrected chi connectivity index (χ1v) is 5.25. The van der Waals surface area contributed by atoms with Crippen LogP contribution in [0.1, 0.15) is 10.4 Å². The molecule has 0 atom stereocenters. The SMILES string of the molecule is O=Cc1cccc(F)c1Oc1cccc(Cl)c1. The summed E-state index contributed by atoms with van der Waals surface area (Å²) in [7, 11) is 0. The average Bonchev–Trinajstić information content (AvgIpc) is 2.32. The Bertz CT molecular complexity index is 555. The van der Waals surface area contributed by atoms with Crippen LogP contribution in [0, 0.1) is 5.82 Å². The van der Waals surface area contributed by atoms with E-state index in [9.17, 15) is 9.18 Å². The van der Waals surface area contributed by atoms with Crippen LogP contribution in [0.4, 0.5) is 4.39 Å². The summed E-state index contributed by atoms with van der Waals surface area (Å²) in [4.78, 5) is 10.8. The number of benzene rings is 2. The number of carbonyl (C=O) groups is 1. The molecule has 0 bridgehead atoms. The molecule has 0 aromatic heterocycles. The second-order valence-corrected chi connectivity index (χ2v) is 3.77. The van der Waals surface area contributed by atoms with Crippen LogP contribution < -0.4 is 4.74 Å². The maximum absolute atomic E-state index is 13.5. The van der Waals surface area contributed by atoms with Gasteiger partial charge in [-0.05, 0) is 30.3 Å². The number of halogens is 2. The van der Waals surface area contributed by atoms with E-state index < -0.39 is 5.82 Å². The molecule has 0 saturated heterocycles. The smallest absolute Gasteiger partial charge is 0.173 e. The molecule has 0 fully saturated rings. The van der Waals surface area contributed by atoms with Crippen molar-refractivity contribution in [1.29, 1.82) is 0 Å². The molecule has 0 amide bonds. The first-order valence-electron chi connectivity index (χ1n) is 4.88. The fraction of sp³-hybridized carbons (Fsp3) is 0. The number of carbonyl (C=O) groups excluding carboxylic acids is 1. The quantitative estimate of drug-likeness (QED) is 0.767. The third-order valence-corrected chi connectivity index (χ3v) is 2.38. The monoisotopic (exact) mass is 250 g/mol. The van der Waals surface area contributed by atoms with Gasteiger partial charge in [0, 0.05) is 5.02 Å². The van der Waals surface area contributed by atoms with Crippen molar-refractivity contribution in [3.05, 3.63) is 58.9 Å². The normalized spacial score (nSPS) is 10.0. The highest BCUT2D eigenvalue weighted by Crippen LogP contribution is 2.28. The molecule has 0 spiro atoms. The lowest BCUT2D eigenvalue weighted by Crippen LogP contribution is -1.93. The largest absolute Gasteiger partial charge is 0.453 e. The molecule has 0 N–H and O–H groups in total. The number of para-hydroxylation sites is 1. The van der Waals surface area contributed by atoms with Gasteiger partial charge in [0.05, 0.1) is 5.56 Å². The Hall–Kier alpha value is -1.87. The zero-order valence-electron chi connectivity index (χ0n) is 8.69. The lowest BCUT2D eigenvalue weighted by atomic mass is 10.2. The summed E-state index contributed by atoms with van der Waals surface area (Å²) in [5.74, 6) is -0.301. The Labute approximate surface area is 103 Å². The molecule has 0 radical (unpaired) electrons. The van der Waals surface area contributed by atoms with Crippen LogP contribution in [-0.4, -0.2) is 6.29 Å². The molecule has 0 saturated carbocycles. The van der Waals surface area contributed by atoms with Crippen LogP contribution in [0.3, 0.4) is 0 Å². The van der Waals surface area contributed by atoms with Crippen molar-refractivity contribution in [2.45, 2.75) is 0 Å². The van der Waals surface area contributed by atoms with E-state index >= 15 is 0 Å². The molecule has 2 nitrogen and oxygen atoms in total. The second kappa shape index (κ2) is 4.97. The van der Waals surface area contributed by atoms with E-state index in [1.807, 2.05) is 0 Å². The first-order chi connectivity index (χ1) is 8.20. The Morgan fingerprint density at radius 2 is 1.94 bits per heavy atom. The van der Waals surface area contributed by atoms with Gasteiger partial charge in [-0.3, -0.25) is 4.79 Å². The van der Waals surface area contributed by atoms with E-state index in [1.165, 1.54) is 18.2 Å². The first kappa shape index (κ1) is 11.6. The van der Waals surface area contributed by atoms with Crippen molar-refractivity contribution in [3.8, 4) is 11.5 Å². The zero-order chi connectivity index (χ0) is 12.3. The van der Waals surface area contributed by atoms with Crippen molar-refractivity contribution in [2.24, 2.45) is 0 Å². The Balaban J connectivity index is 2.39. The van der Waals surface area contributed by atoms with E-state index in [0.717, 1.165) is 0 Å². The number of hydrogen-bond donors (Lipinski definition) is 0. The molecular formula is C13H8ClFO2. The summed E-state index contributed by atoms with van der Waals surface area (Å²) in [6.45, 7) is 0. The fourth-order valence-electron chi connectivity index (χ4n) is 1.37. The van der Waals surface area contributed by atoms with Gasteiger partial charge in [-0.25, -0.2) is 4.39 Å². The average molecular weight is 251 g/mol. The summed E-state index contributed by atoms with van der Waals surface area (Å²) in [6, 6.07) is 10.7. The molecule has 0 aliphatic carbocycles. The maximum atomic E-state index is 13.5. The van der Waals surface area contributed by atoms with E-state index in [1.54, 1.807) is 24.3 Å². The molecule has 86 valence electrons. The molecule has 0 unspecified atom stereocenters. The molecule has 2 aromatic carbocycles. The maximum Gasteiger partial charge on any atom is 0.173 e. The van der Waals surface area contributed by atoms with E-state index in [-0.39, 0.29) is 11.3 Å². The molecule has 0 aliphatic heterocycles. The number of ether oxygens (including phenoxy) is 1. The third kappa shape index (κ3) is 2.63. The molecule has 4 heteroatoms. The van der Waals surface area contributed by atoms with Crippen molar-refractivity contribution < 1.29 is 13.9 Å². The molecule has 0 aliphatic rings. The minimum absolute atomic E-state index is 0.0928. The van der Waals surface area contributed by atoms with Crippen molar-refractivity contribution >= 4 is 17.9 Å². The number of aldehydes is 1. The highest BCUT2D eigenvalue weighted by atomic mass is 35.5. The molecule has 0 heterocycles. The summed E-state index contributed by atoms with van der Waals surface area (Å²) < 4.78 is 18.8. The van der Waals surface area contributed by atoms with Crippen LogP contribution in [0.15, 0.2) is 42.5 Å². The Morgan fingerprint density at radius 1 is 1.18 bits per heavy atom. The van der Waals surface area contributed by atoms with Crippen LogP contribution >= 0.6 is 11.6 Å². The lowest BCUT2D eigenvalue weighted by molar-refractivity contribution is 0.112. The molecule has 2 aromatic rings. The summed E-state index contributed by atoms with van der Waals surface area (Å²) in [5, 5.41) is 0.478. The highest BCUT2D eigenvalue weighted by Gasteiger charge is 2.10. The van der Waals surface area contributed by atoms with Crippen LogP contribution in [0.5, 0.6) is 11.5 Å². The predicted octanol–water partition coefficient (Wildman–Crippen LogP) is 4.08. The summed E-state index contributed by atoms with van der Waals surface area (Å²) in [5.41, 5.74) is 0.157.